The molecule has 0 atom stereocenters. The van der Waals surface area contributed by atoms with Crippen LogP contribution in [0.2, 0.25) is 0 Å². The smallest absolute Gasteiger partial charge is 0.276 e. The highest BCUT2D eigenvalue weighted by molar-refractivity contribution is 6.03. The lowest BCUT2D eigenvalue weighted by Crippen LogP contribution is -2.15. The monoisotopic (exact) mass is 354 g/mol. The summed E-state index contributed by atoms with van der Waals surface area (Å²) in [6.45, 7) is 3.86. The van der Waals surface area contributed by atoms with Crippen LogP contribution in [0.25, 0.3) is 0 Å². The van der Waals surface area contributed by atoms with Gasteiger partial charge in [-0.2, -0.15) is 0 Å². The number of aromatic nitrogens is 2. The average Bonchev–Trinajstić information content (AvgIpc) is 2.63. The fourth-order valence-electron chi connectivity index (χ4n) is 2.34. The molecule has 0 aliphatic rings. The molecule has 7 heteroatoms. The van der Waals surface area contributed by atoms with Crippen LogP contribution in [-0.4, -0.2) is 16.1 Å². The van der Waals surface area contributed by atoms with E-state index >= 15 is 0 Å². The molecule has 0 aliphatic carbocycles. The van der Waals surface area contributed by atoms with Crippen molar-refractivity contribution in [3.8, 4) is 0 Å². The first-order valence-electron chi connectivity index (χ1n) is 7.88. The minimum atomic E-state index is -0.747. The summed E-state index contributed by atoms with van der Waals surface area (Å²) in [4.78, 5) is 12.3. The Bertz CT molecular complexity index is 938. The van der Waals surface area contributed by atoms with E-state index in [2.05, 4.69) is 20.8 Å². The molecule has 2 N–H and O–H groups in total. The number of nitrogens with one attached hydrogen (secondary N) is 2. The van der Waals surface area contributed by atoms with Gasteiger partial charge in [-0.05, 0) is 55.3 Å². The van der Waals surface area contributed by atoms with Crippen molar-refractivity contribution >= 4 is 23.1 Å². The molecule has 1 amide bonds. The number of carbonyl (C=O) groups excluding carboxylic acids is 1. The molecule has 0 saturated heterocycles. The molecule has 2 aromatic carbocycles. The Morgan fingerprint density at radius 3 is 2.27 bits per heavy atom. The first-order valence-corrected chi connectivity index (χ1v) is 7.88. The van der Waals surface area contributed by atoms with Crippen molar-refractivity contribution in [3.05, 3.63) is 77.0 Å². The number of rotatable bonds is 4. The van der Waals surface area contributed by atoms with Crippen molar-refractivity contribution in [2.75, 3.05) is 10.6 Å². The first kappa shape index (κ1) is 17.5. The Balaban J connectivity index is 1.75. The standard InChI is InChI=1S/C19H16F2N4O/c1-11-5-3-8-15(12(11)2)22-19(26)16-9-10-17(25-24-16)23-18-13(20)6-4-7-14(18)21/h3-10H,1-2H3,(H,22,26)(H,23,25). The number of amides is 1. The van der Waals surface area contributed by atoms with E-state index in [0.717, 1.165) is 23.3 Å². The van der Waals surface area contributed by atoms with Crippen LogP contribution in [0.1, 0.15) is 21.6 Å². The van der Waals surface area contributed by atoms with Crippen molar-refractivity contribution in [3.63, 3.8) is 0 Å². The number of para-hydroxylation sites is 1. The minimum Gasteiger partial charge on any atom is -0.334 e. The molecule has 1 aromatic heterocycles. The normalized spacial score (nSPS) is 10.5. The summed E-state index contributed by atoms with van der Waals surface area (Å²) in [6, 6.07) is 12.0. The topological polar surface area (TPSA) is 66.9 Å². The van der Waals surface area contributed by atoms with E-state index in [9.17, 15) is 13.6 Å². The van der Waals surface area contributed by atoms with Gasteiger partial charge in [-0.25, -0.2) is 8.78 Å². The lowest BCUT2D eigenvalue weighted by atomic mass is 10.1. The Morgan fingerprint density at radius 1 is 0.923 bits per heavy atom. The number of benzene rings is 2. The summed E-state index contributed by atoms with van der Waals surface area (Å²) in [7, 11) is 0. The molecule has 0 radical (unpaired) electrons. The average molecular weight is 354 g/mol. The summed E-state index contributed by atoms with van der Waals surface area (Å²) in [5.41, 5.74) is 2.47. The van der Waals surface area contributed by atoms with Crippen LogP contribution in [0.3, 0.4) is 0 Å². The van der Waals surface area contributed by atoms with Gasteiger partial charge in [-0.1, -0.05) is 18.2 Å². The lowest BCUT2D eigenvalue weighted by Gasteiger charge is -2.10. The molecule has 1 heterocycles. The van der Waals surface area contributed by atoms with Gasteiger partial charge in [0, 0.05) is 5.69 Å². The largest absolute Gasteiger partial charge is 0.334 e. The molecule has 3 aromatic rings. The third-order valence-electron chi connectivity index (χ3n) is 3.97. The Labute approximate surface area is 149 Å². The molecule has 0 spiro atoms. The summed E-state index contributed by atoms with van der Waals surface area (Å²) >= 11 is 0. The second-order valence-corrected chi connectivity index (χ2v) is 5.73. The molecule has 5 nitrogen and oxygen atoms in total. The van der Waals surface area contributed by atoms with E-state index in [0.29, 0.717) is 5.69 Å². The molecule has 3 rings (SSSR count). The number of carbonyl (C=O) groups is 1. The van der Waals surface area contributed by atoms with Gasteiger partial charge in [0.25, 0.3) is 5.91 Å². The zero-order valence-corrected chi connectivity index (χ0v) is 14.2. The highest BCUT2D eigenvalue weighted by atomic mass is 19.1. The maximum atomic E-state index is 13.6. The first-order chi connectivity index (χ1) is 12.5. The van der Waals surface area contributed by atoms with Gasteiger partial charge < -0.3 is 10.6 Å². The highest BCUT2D eigenvalue weighted by Crippen LogP contribution is 2.22. The van der Waals surface area contributed by atoms with Crippen molar-refractivity contribution in [1.29, 1.82) is 0 Å². The second-order valence-electron chi connectivity index (χ2n) is 5.73. The van der Waals surface area contributed by atoms with Crippen LogP contribution < -0.4 is 10.6 Å². The van der Waals surface area contributed by atoms with Crippen molar-refractivity contribution < 1.29 is 13.6 Å². The van der Waals surface area contributed by atoms with Crippen molar-refractivity contribution in [1.82, 2.24) is 10.2 Å². The van der Waals surface area contributed by atoms with E-state index in [4.69, 9.17) is 0 Å². The quantitative estimate of drug-likeness (QED) is 0.730. The predicted octanol–water partition coefficient (Wildman–Crippen LogP) is 4.37. The second kappa shape index (κ2) is 7.26. The minimum absolute atomic E-state index is 0.0884. The lowest BCUT2D eigenvalue weighted by molar-refractivity contribution is 0.102. The van der Waals surface area contributed by atoms with E-state index in [1.54, 1.807) is 6.07 Å². The molecule has 132 valence electrons. The maximum Gasteiger partial charge on any atom is 0.276 e. The molecule has 0 fully saturated rings. The summed E-state index contributed by atoms with van der Waals surface area (Å²) in [6.07, 6.45) is 0. The summed E-state index contributed by atoms with van der Waals surface area (Å²) in [5.74, 6) is -1.79. The van der Waals surface area contributed by atoms with E-state index in [1.165, 1.54) is 18.2 Å². The molecule has 0 bridgehead atoms. The van der Waals surface area contributed by atoms with Crippen LogP contribution in [0, 0.1) is 25.5 Å². The fourth-order valence-corrected chi connectivity index (χ4v) is 2.34. The van der Waals surface area contributed by atoms with Crippen LogP contribution >= 0.6 is 0 Å². The van der Waals surface area contributed by atoms with Crippen LogP contribution in [0.4, 0.5) is 26.0 Å². The third kappa shape index (κ3) is 3.66. The Morgan fingerprint density at radius 2 is 1.62 bits per heavy atom. The molecule has 0 aliphatic heterocycles. The Kier molecular flexibility index (Phi) is 4.88. The number of anilines is 3. The van der Waals surface area contributed by atoms with Crippen LogP contribution in [0.15, 0.2) is 48.5 Å². The molecule has 26 heavy (non-hydrogen) atoms. The summed E-state index contributed by atoms with van der Waals surface area (Å²) in [5, 5.41) is 12.9. The number of aryl methyl sites for hydroxylation is 1. The van der Waals surface area contributed by atoms with Gasteiger partial charge in [0.15, 0.2) is 11.5 Å². The van der Waals surface area contributed by atoms with Gasteiger partial charge in [0.2, 0.25) is 0 Å². The number of halogens is 2. The molecular weight excluding hydrogens is 338 g/mol. The number of hydrogen-bond acceptors (Lipinski definition) is 4. The van der Waals surface area contributed by atoms with E-state index in [1.807, 2.05) is 26.0 Å². The van der Waals surface area contributed by atoms with Crippen molar-refractivity contribution in [2.24, 2.45) is 0 Å². The zero-order valence-electron chi connectivity index (χ0n) is 14.2. The zero-order chi connectivity index (χ0) is 18.7. The third-order valence-corrected chi connectivity index (χ3v) is 3.97. The molecular formula is C19H16F2N4O. The summed E-state index contributed by atoms with van der Waals surface area (Å²) < 4.78 is 27.3. The van der Waals surface area contributed by atoms with Crippen LogP contribution in [-0.2, 0) is 0 Å². The van der Waals surface area contributed by atoms with Gasteiger partial charge in [-0.15, -0.1) is 10.2 Å². The maximum absolute atomic E-state index is 13.6. The molecule has 0 saturated carbocycles. The highest BCUT2D eigenvalue weighted by Gasteiger charge is 2.13. The SMILES string of the molecule is Cc1cccc(NC(=O)c2ccc(Nc3c(F)cccc3F)nn2)c1C. The van der Waals surface area contributed by atoms with E-state index < -0.39 is 17.5 Å². The van der Waals surface area contributed by atoms with Gasteiger partial charge in [0.05, 0.1) is 0 Å². The Hall–Kier alpha value is -3.35. The molecule has 0 unspecified atom stereocenters. The van der Waals surface area contributed by atoms with E-state index in [-0.39, 0.29) is 17.2 Å². The number of nitrogens with zero attached hydrogens (tertiary/aromatic N) is 2. The number of hydrogen-bond donors (Lipinski definition) is 2. The van der Waals surface area contributed by atoms with Crippen LogP contribution in [0.5, 0.6) is 0 Å². The predicted molar refractivity (Wildman–Crippen MR) is 95.5 cm³/mol. The fraction of sp³-hybridized carbons (Fsp3) is 0.105. The van der Waals surface area contributed by atoms with Gasteiger partial charge >= 0.3 is 0 Å². The van der Waals surface area contributed by atoms with Gasteiger partial charge in [-0.3, -0.25) is 4.79 Å². The van der Waals surface area contributed by atoms with Gasteiger partial charge in [0.1, 0.15) is 17.3 Å². The van der Waals surface area contributed by atoms with Crippen molar-refractivity contribution in [2.45, 2.75) is 13.8 Å².